The van der Waals surface area contributed by atoms with Crippen molar-refractivity contribution < 1.29 is 14.6 Å². The van der Waals surface area contributed by atoms with Gasteiger partial charge >= 0.3 is 5.97 Å². The van der Waals surface area contributed by atoms with E-state index >= 15 is 0 Å². The average molecular weight is 297 g/mol. The fourth-order valence-corrected chi connectivity index (χ4v) is 2.89. The Bertz CT molecular complexity index is 695. The first-order valence-electron chi connectivity index (χ1n) is 7.33. The van der Waals surface area contributed by atoms with Crippen molar-refractivity contribution in [2.75, 3.05) is 7.11 Å². The molecule has 2 aromatic rings. The quantitative estimate of drug-likeness (QED) is 0.890. The van der Waals surface area contributed by atoms with Gasteiger partial charge in [-0.1, -0.05) is 36.4 Å². The molecule has 1 saturated carbocycles. The molecule has 114 valence electrons. The van der Waals surface area contributed by atoms with E-state index in [1.54, 1.807) is 6.07 Å². The summed E-state index contributed by atoms with van der Waals surface area (Å²) in [5.41, 5.74) is 7.43. The Labute approximate surface area is 129 Å². The number of rotatable bonds is 5. The van der Waals surface area contributed by atoms with E-state index in [9.17, 15) is 9.90 Å². The van der Waals surface area contributed by atoms with E-state index in [1.807, 2.05) is 42.5 Å². The van der Waals surface area contributed by atoms with Crippen LogP contribution in [0.2, 0.25) is 0 Å². The molecule has 1 atom stereocenters. The summed E-state index contributed by atoms with van der Waals surface area (Å²) < 4.78 is 5.37. The van der Waals surface area contributed by atoms with Gasteiger partial charge in [-0.15, -0.1) is 0 Å². The molecule has 0 bridgehead atoms. The highest BCUT2D eigenvalue weighted by Crippen LogP contribution is 2.47. The highest BCUT2D eigenvalue weighted by molar-refractivity contribution is 5.84. The molecule has 1 aliphatic carbocycles. The standard InChI is InChI=1S/C18H19NO3/c1-22-16-10-7-13(12-5-3-2-4-6-12)11-15(16)18(19,17(20)21)14-8-9-14/h2-7,10-11,14H,8-9,19H2,1H3,(H,20,21). The monoisotopic (exact) mass is 297 g/mol. The summed E-state index contributed by atoms with van der Waals surface area (Å²) in [6.07, 6.45) is 1.67. The molecule has 1 aliphatic rings. The normalized spacial score (nSPS) is 16.8. The molecule has 0 aliphatic heterocycles. The summed E-state index contributed by atoms with van der Waals surface area (Å²) in [5.74, 6) is -0.514. The fourth-order valence-electron chi connectivity index (χ4n) is 2.89. The van der Waals surface area contributed by atoms with Crippen LogP contribution in [-0.2, 0) is 10.3 Å². The van der Waals surface area contributed by atoms with Crippen LogP contribution in [0.5, 0.6) is 5.75 Å². The minimum Gasteiger partial charge on any atom is -0.496 e. The number of benzene rings is 2. The molecule has 1 unspecified atom stereocenters. The summed E-state index contributed by atoms with van der Waals surface area (Å²) in [7, 11) is 1.54. The third kappa shape index (κ3) is 2.35. The number of carboxylic acids is 1. The van der Waals surface area contributed by atoms with E-state index in [-0.39, 0.29) is 5.92 Å². The van der Waals surface area contributed by atoms with E-state index in [0.717, 1.165) is 24.0 Å². The van der Waals surface area contributed by atoms with Gasteiger partial charge < -0.3 is 15.6 Å². The van der Waals surface area contributed by atoms with Crippen molar-refractivity contribution in [2.24, 2.45) is 11.7 Å². The molecule has 0 amide bonds. The van der Waals surface area contributed by atoms with Crippen LogP contribution in [0.4, 0.5) is 0 Å². The van der Waals surface area contributed by atoms with Crippen LogP contribution in [0, 0.1) is 5.92 Å². The first kappa shape index (κ1) is 14.6. The Morgan fingerprint density at radius 1 is 1.18 bits per heavy atom. The van der Waals surface area contributed by atoms with Gasteiger partial charge in [-0.3, -0.25) is 0 Å². The van der Waals surface area contributed by atoms with Gasteiger partial charge in [0.05, 0.1) is 7.11 Å². The number of nitrogens with two attached hydrogens (primary N) is 1. The summed E-state index contributed by atoms with van der Waals surface area (Å²) in [6, 6.07) is 15.4. The first-order chi connectivity index (χ1) is 10.6. The summed E-state index contributed by atoms with van der Waals surface area (Å²) in [6.45, 7) is 0. The number of aliphatic carboxylic acids is 1. The number of ether oxygens (including phenoxy) is 1. The van der Waals surface area contributed by atoms with Crippen molar-refractivity contribution in [3.63, 3.8) is 0 Å². The summed E-state index contributed by atoms with van der Waals surface area (Å²) in [4.78, 5) is 11.8. The van der Waals surface area contributed by atoms with Gasteiger partial charge in [-0.2, -0.15) is 0 Å². The van der Waals surface area contributed by atoms with Gasteiger partial charge in [0.25, 0.3) is 0 Å². The van der Waals surface area contributed by atoms with Crippen LogP contribution < -0.4 is 10.5 Å². The Kier molecular flexibility index (Phi) is 3.62. The van der Waals surface area contributed by atoms with Crippen molar-refractivity contribution in [3.8, 4) is 16.9 Å². The molecular weight excluding hydrogens is 278 g/mol. The Morgan fingerprint density at radius 3 is 2.41 bits per heavy atom. The lowest BCUT2D eigenvalue weighted by Gasteiger charge is -2.27. The van der Waals surface area contributed by atoms with E-state index in [2.05, 4.69) is 0 Å². The summed E-state index contributed by atoms with van der Waals surface area (Å²) in [5, 5.41) is 9.70. The first-order valence-corrected chi connectivity index (χ1v) is 7.33. The van der Waals surface area contributed by atoms with Crippen molar-refractivity contribution in [3.05, 3.63) is 54.1 Å². The second-order valence-corrected chi connectivity index (χ2v) is 5.73. The van der Waals surface area contributed by atoms with E-state index in [0.29, 0.717) is 11.3 Å². The number of methoxy groups -OCH3 is 1. The smallest absolute Gasteiger partial charge is 0.328 e. The van der Waals surface area contributed by atoms with Crippen LogP contribution in [0.25, 0.3) is 11.1 Å². The Balaban J connectivity index is 2.15. The fraction of sp³-hybridized carbons (Fsp3) is 0.278. The van der Waals surface area contributed by atoms with E-state index in [4.69, 9.17) is 10.5 Å². The predicted molar refractivity (Wildman–Crippen MR) is 84.7 cm³/mol. The van der Waals surface area contributed by atoms with Crippen molar-refractivity contribution in [1.82, 2.24) is 0 Å². The second kappa shape index (κ2) is 5.46. The third-order valence-electron chi connectivity index (χ3n) is 4.33. The summed E-state index contributed by atoms with van der Waals surface area (Å²) >= 11 is 0. The zero-order chi connectivity index (χ0) is 15.7. The van der Waals surface area contributed by atoms with Crippen molar-refractivity contribution in [1.29, 1.82) is 0 Å². The highest BCUT2D eigenvalue weighted by Gasteiger charge is 2.51. The lowest BCUT2D eigenvalue weighted by Crippen LogP contribution is -2.47. The molecule has 22 heavy (non-hydrogen) atoms. The second-order valence-electron chi connectivity index (χ2n) is 5.73. The van der Waals surface area contributed by atoms with Crippen LogP contribution in [0.3, 0.4) is 0 Å². The lowest BCUT2D eigenvalue weighted by molar-refractivity contribution is -0.144. The van der Waals surface area contributed by atoms with Gasteiger partial charge in [0.15, 0.2) is 0 Å². The molecule has 0 radical (unpaired) electrons. The van der Waals surface area contributed by atoms with Gasteiger partial charge in [0.2, 0.25) is 0 Å². The molecule has 4 nitrogen and oxygen atoms in total. The molecule has 0 spiro atoms. The van der Waals surface area contributed by atoms with Gasteiger partial charge in [-0.25, -0.2) is 4.79 Å². The van der Waals surface area contributed by atoms with Gasteiger partial charge in [0.1, 0.15) is 11.3 Å². The number of hydrogen-bond donors (Lipinski definition) is 2. The highest BCUT2D eigenvalue weighted by atomic mass is 16.5. The van der Waals surface area contributed by atoms with Crippen LogP contribution in [-0.4, -0.2) is 18.2 Å². The molecule has 0 aromatic heterocycles. The maximum Gasteiger partial charge on any atom is 0.328 e. The van der Waals surface area contributed by atoms with Gasteiger partial charge in [-0.05, 0) is 42.0 Å². The predicted octanol–water partition coefficient (Wildman–Crippen LogP) is 3.01. The zero-order valence-electron chi connectivity index (χ0n) is 12.5. The molecule has 1 fully saturated rings. The minimum absolute atomic E-state index is 0.0371. The average Bonchev–Trinajstić information content (AvgIpc) is 3.39. The van der Waals surface area contributed by atoms with Crippen LogP contribution >= 0.6 is 0 Å². The Hall–Kier alpha value is -2.33. The number of carbonyl (C=O) groups is 1. The zero-order valence-corrected chi connectivity index (χ0v) is 12.5. The van der Waals surface area contributed by atoms with E-state index in [1.165, 1.54) is 7.11 Å². The molecule has 2 aromatic carbocycles. The number of carboxylic acid groups (broad SMARTS) is 1. The molecular formula is C18H19NO3. The third-order valence-corrected chi connectivity index (χ3v) is 4.33. The van der Waals surface area contributed by atoms with Crippen LogP contribution in [0.1, 0.15) is 18.4 Å². The minimum atomic E-state index is -1.39. The Morgan fingerprint density at radius 2 is 1.86 bits per heavy atom. The van der Waals surface area contributed by atoms with Gasteiger partial charge in [0, 0.05) is 5.56 Å². The molecule has 4 heteroatoms. The van der Waals surface area contributed by atoms with Crippen LogP contribution in [0.15, 0.2) is 48.5 Å². The SMILES string of the molecule is COc1ccc(-c2ccccc2)cc1C(N)(C(=O)O)C1CC1. The lowest BCUT2D eigenvalue weighted by atomic mass is 9.84. The van der Waals surface area contributed by atoms with E-state index < -0.39 is 11.5 Å². The molecule has 3 N–H and O–H groups in total. The molecule has 0 heterocycles. The topological polar surface area (TPSA) is 72.5 Å². The van der Waals surface area contributed by atoms with Crippen molar-refractivity contribution >= 4 is 5.97 Å². The van der Waals surface area contributed by atoms with Crippen molar-refractivity contribution in [2.45, 2.75) is 18.4 Å². The molecule has 0 saturated heterocycles. The molecule has 3 rings (SSSR count). The maximum absolute atomic E-state index is 11.8. The largest absolute Gasteiger partial charge is 0.496 e. The maximum atomic E-state index is 11.8. The number of hydrogen-bond acceptors (Lipinski definition) is 3.